The van der Waals surface area contributed by atoms with Gasteiger partial charge < -0.3 is 24.6 Å². The number of carbonyl (C=O) groups is 3. The summed E-state index contributed by atoms with van der Waals surface area (Å²) in [4.78, 5) is 51.1. The Kier molecular flexibility index (Phi) is 6.54. The van der Waals surface area contributed by atoms with Crippen LogP contribution in [-0.4, -0.2) is 94.1 Å². The average molecular weight is 504 g/mol. The van der Waals surface area contributed by atoms with Crippen molar-refractivity contribution in [3.63, 3.8) is 0 Å². The average Bonchev–Trinajstić information content (AvgIpc) is 3.45. The molecule has 3 aromatic rings. The highest BCUT2D eigenvalue weighted by atomic mass is 16.5. The van der Waals surface area contributed by atoms with Gasteiger partial charge in [0.25, 0.3) is 17.6 Å². The molecule has 12 heteroatoms. The molecule has 0 radical (unpaired) electrons. The molecule has 1 saturated heterocycles. The smallest absolute Gasteiger partial charge is 0.335 e. The predicted octanol–water partition coefficient (Wildman–Crippen LogP) is 1.04. The lowest BCUT2D eigenvalue weighted by atomic mass is 9.95. The van der Waals surface area contributed by atoms with Gasteiger partial charge in [0, 0.05) is 43.9 Å². The van der Waals surface area contributed by atoms with E-state index < -0.39 is 11.7 Å². The Labute approximate surface area is 212 Å². The van der Waals surface area contributed by atoms with Gasteiger partial charge in [0.2, 0.25) is 0 Å². The van der Waals surface area contributed by atoms with Gasteiger partial charge in [-0.05, 0) is 12.1 Å². The van der Waals surface area contributed by atoms with Crippen molar-refractivity contribution in [2.45, 2.75) is 0 Å². The predicted molar refractivity (Wildman–Crippen MR) is 133 cm³/mol. The molecular weight excluding hydrogens is 478 g/mol. The van der Waals surface area contributed by atoms with Crippen LogP contribution >= 0.6 is 0 Å². The molecular formula is C25H25N7O5. The zero-order valence-electron chi connectivity index (χ0n) is 20.4. The highest BCUT2D eigenvalue weighted by Crippen LogP contribution is 2.39. The fourth-order valence-electron chi connectivity index (χ4n) is 4.39. The van der Waals surface area contributed by atoms with E-state index in [1.54, 1.807) is 23.1 Å². The molecule has 0 aliphatic carbocycles. The maximum atomic E-state index is 13.5. The number of aromatic nitrogens is 4. The Bertz CT molecular complexity index is 1380. The molecule has 1 N–H and O–H groups in total. The van der Waals surface area contributed by atoms with Crippen molar-refractivity contribution in [1.82, 2.24) is 29.5 Å². The number of Topliss-reactive ketones (excluding diaryl/α,β-unsaturated/α-hetero) is 1. The zero-order valence-corrected chi connectivity index (χ0v) is 20.4. The zero-order chi connectivity index (χ0) is 25.9. The molecule has 1 aromatic carbocycles. The third kappa shape index (κ3) is 4.48. The lowest BCUT2D eigenvalue weighted by Crippen LogP contribution is -2.52. The van der Waals surface area contributed by atoms with Crippen LogP contribution in [0.1, 0.15) is 15.9 Å². The molecule has 0 bridgehead atoms. The first-order chi connectivity index (χ1) is 18.0. The van der Waals surface area contributed by atoms with Crippen LogP contribution in [0.4, 0.5) is 5.69 Å². The van der Waals surface area contributed by atoms with Crippen molar-refractivity contribution in [3.8, 4) is 17.6 Å². The molecule has 12 nitrogen and oxygen atoms in total. The van der Waals surface area contributed by atoms with E-state index in [-0.39, 0.29) is 30.6 Å². The number of carbonyl (C=O) groups excluding carboxylic acids is 3. The van der Waals surface area contributed by atoms with Crippen LogP contribution in [0.2, 0.25) is 0 Å². The number of methoxy groups -OCH3 is 2. The summed E-state index contributed by atoms with van der Waals surface area (Å²) in [6.07, 6.45) is 4.57. The number of ketones is 1. The molecule has 0 atom stereocenters. The molecule has 2 aliphatic rings. The number of anilines is 1. The van der Waals surface area contributed by atoms with Crippen LogP contribution < -0.4 is 14.8 Å². The quantitative estimate of drug-likeness (QED) is 0.490. The van der Waals surface area contributed by atoms with Crippen LogP contribution in [0.15, 0.2) is 48.9 Å². The van der Waals surface area contributed by atoms with E-state index in [1.807, 2.05) is 18.2 Å². The SMILES string of the molecule is COc1ncn(-c2ncc(OC)c3c2NCC=C3C(=O)C(=O)N2CCN(C(=O)c3ccccc3)CC2)n1. The third-order valence-corrected chi connectivity index (χ3v) is 6.28. The Morgan fingerprint density at radius 3 is 2.35 bits per heavy atom. The minimum atomic E-state index is -0.655. The monoisotopic (exact) mass is 503 g/mol. The molecule has 4 heterocycles. The molecule has 2 aromatic heterocycles. The summed E-state index contributed by atoms with van der Waals surface area (Å²) in [6, 6.07) is 9.15. The summed E-state index contributed by atoms with van der Waals surface area (Å²) < 4.78 is 12.0. The lowest BCUT2D eigenvalue weighted by molar-refractivity contribution is -0.142. The third-order valence-electron chi connectivity index (χ3n) is 6.28. The van der Waals surface area contributed by atoms with Crippen LogP contribution in [0.3, 0.4) is 0 Å². The molecule has 0 unspecified atom stereocenters. The molecule has 0 saturated carbocycles. The van der Waals surface area contributed by atoms with Gasteiger partial charge in [-0.25, -0.2) is 4.98 Å². The number of pyridine rings is 1. The molecule has 0 spiro atoms. The summed E-state index contributed by atoms with van der Waals surface area (Å²) in [7, 11) is 2.92. The van der Waals surface area contributed by atoms with E-state index in [9.17, 15) is 14.4 Å². The van der Waals surface area contributed by atoms with Crippen LogP contribution in [-0.2, 0) is 9.59 Å². The number of fused-ring (bicyclic) bond motifs is 1. The van der Waals surface area contributed by atoms with Crippen molar-refractivity contribution in [2.24, 2.45) is 0 Å². The van der Waals surface area contributed by atoms with Gasteiger partial charge in [-0.3, -0.25) is 14.4 Å². The standard InChI is InChI=1S/C25H25N7O5/c1-36-18-14-27-22(32-15-28-25(29-32)37-2)20-19(18)17(8-9-26-20)21(33)24(35)31-12-10-30(11-13-31)23(34)16-6-4-3-5-7-16/h3-8,14-15,26H,9-13H2,1-2H3. The first-order valence-corrected chi connectivity index (χ1v) is 11.7. The second-order valence-electron chi connectivity index (χ2n) is 8.35. The number of piperazine rings is 1. The number of ether oxygens (including phenoxy) is 2. The molecule has 2 aliphatic heterocycles. The summed E-state index contributed by atoms with van der Waals surface area (Å²) in [6.45, 7) is 1.51. The van der Waals surface area contributed by atoms with Crippen LogP contribution in [0.5, 0.6) is 11.8 Å². The van der Waals surface area contributed by atoms with Crippen molar-refractivity contribution < 1.29 is 23.9 Å². The second kappa shape index (κ2) is 10.1. The Hall–Kier alpha value is -4.74. The minimum absolute atomic E-state index is 0.0940. The van der Waals surface area contributed by atoms with Crippen molar-refractivity contribution in [3.05, 3.63) is 60.1 Å². The van der Waals surface area contributed by atoms with Crippen LogP contribution in [0.25, 0.3) is 11.4 Å². The fourth-order valence-corrected chi connectivity index (χ4v) is 4.39. The van der Waals surface area contributed by atoms with E-state index in [4.69, 9.17) is 9.47 Å². The van der Waals surface area contributed by atoms with Gasteiger partial charge in [0.1, 0.15) is 12.1 Å². The minimum Gasteiger partial charge on any atom is -0.494 e. The van der Waals surface area contributed by atoms with E-state index in [0.29, 0.717) is 48.0 Å². The lowest BCUT2D eigenvalue weighted by Gasteiger charge is -2.34. The molecule has 1 fully saturated rings. The van der Waals surface area contributed by atoms with Crippen LogP contribution in [0, 0.1) is 0 Å². The van der Waals surface area contributed by atoms with E-state index in [1.165, 1.54) is 36.3 Å². The number of amides is 2. The highest BCUT2D eigenvalue weighted by Gasteiger charge is 2.34. The second-order valence-corrected chi connectivity index (χ2v) is 8.35. The molecule has 2 amide bonds. The highest BCUT2D eigenvalue weighted by molar-refractivity contribution is 6.54. The number of hydrogen-bond acceptors (Lipinski definition) is 9. The van der Waals surface area contributed by atoms with Crippen molar-refractivity contribution in [1.29, 1.82) is 0 Å². The normalized spacial score (nSPS) is 14.8. The van der Waals surface area contributed by atoms with Gasteiger partial charge >= 0.3 is 6.01 Å². The Morgan fingerprint density at radius 2 is 1.68 bits per heavy atom. The summed E-state index contributed by atoms with van der Waals surface area (Å²) in [5, 5.41) is 7.41. The van der Waals surface area contributed by atoms with E-state index in [0.717, 1.165) is 0 Å². The maximum Gasteiger partial charge on any atom is 0.335 e. The van der Waals surface area contributed by atoms with Crippen molar-refractivity contribution in [2.75, 3.05) is 52.3 Å². The Morgan fingerprint density at radius 1 is 0.946 bits per heavy atom. The number of hydrogen-bond donors (Lipinski definition) is 1. The van der Waals surface area contributed by atoms with Gasteiger partial charge in [0.15, 0.2) is 5.82 Å². The van der Waals surface area contributed by atoms with E-state index >= 15 is 0 Å². The number of nitrogens with one attached hydrogen (secondary N) is 1. The molecule has 5 rings (SSSR count). The number of rotatable bonds is 6. The number of nitrogens with zero attached hydrogens (tertiary/aromatic N) is 6. The number of benzene rings is 1. The summed E-state index contributed by atoms with van der Waals surface area (Å²) >= 11 is 0. The van der Waals surface area contributed by atoms with Gasteiger partial charge in [-0.2, -0.15) is 9.67 Å². The Balaban J connectivity index is 1.36. The van der Waals surface area contributed by atoms with Gasteiger partial charge in [0.05, 0.1) is 31.7 Å². The van der Waals surface area contributed by atoms with Gasteiger partial charge in [-0.15, -0.1) is 5.10 Å². The largest absolute Gasteiger partial charge is 0.494 e. The van der Waals surface area contributed by atoms with Crippen molar-refractivity contribution >= 4 is 28.9 Å². The fraction of sp³-hybridized carbons (Fsp3) is 0.280. The van der Waals surface area contributed by atoms with E-state index in [2.05, 4.69) is 20.4 Å². The molecule has 37 heavy (non-hydrogen) atoms. The molecule has 190 valence electrons. The first kappa shape index (κ1) is 24.0. The topological polar surface area (TPSA) is 132 Å². The van der Waals surface area contributed by atoms with Gasteiger partial charge in [-0.1, -0.05) is 24.3 Å². The summed E-state index contributed by atoms with van der Waals surface area (Å²) in [5.74, 6) is -0.663. The summed E-state index contributed by atoms with van der Waals surface area (Å²) in [5.41, 5.74) is 1.72. The first-order valence-electron chi connectivity index (χ1n) is 11.7. The maximum absolute atomic E-state index is 13.5.